The number of carbonyl (C=O) groups is 1. The number of aryl methyl sites for hydroxylation is 1. The molecule has 0 heterocycles. The smallest absolute Gasteiger partial charge is 0.241 e. The predicted molar refractivity (Wildman–Crippen MR) is 133 cm³/mol. The monoisotopic (exact) mass is 483 g/mol. The van der Waals surface area contributed by atoms with Crippen molar-refractivity contribution in [3.05, 3.63) is 29.8 Å². The van der Waals surface area contributed by atoms with Crippen molar-refractivity contribution in [1.29, 1.82) is 0 Å². The van der Waals surface area contributed by atoms with E-state index in [4.69, 9.17) is 10.8 Å². The third-order valence-electron chi connectivity index (χ3n) is 6.04. The van der Waals surface area contributed by atoms with Gasteiger partial charge >= 0.3 is 0 Å². The molecule has 0 bridgehead atoms. The van der Waals surface area contributed by atoms with E-state index in [-0.39, 0.29) is 12.5 Å². The first-order valence-electron chi connectivity index (χ1n) is 12.4. The normalized spacial score (nSPS) is 16.1. The average molecular weight is 484 g/mol. The number of carbonyl (C=O) groups excluding carboxylic acids is 1. The van der Waals surface area contributed by atoms with Crippen molar-refractivity contribution in [3.8, 4) is 0 Å². The lowest BCUT2D eigenvalue weighted by Crippen LogP contribution is -2.50. The number of rotatable bonds is 18. The summed E-state index contributed by atoms with van der Waals surface area (Å²) in [5, 5.41) is 51.7. The van der Waals surface area contributed by atoms with Gasteiger partial charge < -0.3 is 41.5 Å². The van der Waals surface area contributed by atoms with Gasteiger partial charge in [-0.2, -0.15) is 0 Å². The van der Waals surface area contributed by atoms with Crippen LogP contribution in [0.3, 0.4) is 0 Å². The van der Waals surface area contributed by atoms with Crippen molar-refractivity contribution < 1.29 is 30.3 Å². The van der Waals surface area contributed by atoms with E-state index in [9.17, 15) is 25.2 Å². The van der Waals surface area contributed by atoms with E-state index in [2.05, 4.69) is 17.1 Å². The number of nitrogens with zero attached hydrogens (tertiary/aromatic N) is 1. The van der Waals surface area contributed by atoms with Crippen molar-refractivity contribution in [2.45, 2.75) is 89.3 Å². The molecular weight excluding hydrogens is 438 g/mol. The zero-order valence-electron chi connectivity index (χ0n) is 20.6. The van der Waals surface area contributed by atoms with E-state index in [1.165, 1.54) is 0 Å². The van der Waals surface area contributed by atoms with Gasteiger partial charge in [-0.15, -0.1) is 0 Å². The first-order valence-corrected chi connectivity index (χ1v) is 12.4. The fourth-order valence-electron chi connectivity index (χ4n) is 3.67. The number of benzene rings is 1. The number of aliphatic hydroxyl groups excluding tert-OH is 5. The lowest BCUT2D eigenvalue weighted by Gasteiger charge is -2.30. The van der Waals surface area contributed by atoms with Gasteiger partial charge in [-0.05, 0) is 56.5 Å². The van der Waals surface area contributed by atoms with E-state index < -0.39 is 37.1 Å². The number of unbranched alkanes of at least 4 members (excludes halogenated alkanes) is 3. The highest BCUT2D eigenvalue weighted by Gasteiger charge is 2.30. The first-order chi connectivity index (χ1) is 16.2. The van der Waals surface area contributed by atoms with Crippen LogP contribution in [-0.2, 0) is 11.2 Å². The van der Waals surface area contributed by atoms with Crippen LogP contribution in [0.25, 0.3) is 0 Å². The molecule has 0 fully saturated rings. The highest BCUT2D eigenvalue weighted by atomic mass is 16.4. The maximum absolute atomic E-state index is 11.9. The molecule has 1 rings (SSSR count). The minimum absolute atomic E-state index is 0.158. The van der Waals surface area contributed by atoms with Gasteiger partial charge in [0.15, 0.2) is 0 Å². The molecule has 0 saturated heterocycles. The third kappa shape index (κ3) is 11.2. The molecule has 0 spiro atoms. The van der Waals surface area contributed by atoms with Crippen LogP contribution in [0, 0.1) is 0 Å². The van der Waals surface area contributed by atoms with Crippen LogP contribution >= 0.6 is 0 Å². The standard InChI is InChI=1S/C25H45N3O6/c1-3-5-6-7-14-28(16-21(30)23(32)24(33)22(31)17-29)15-8-9-18-10-12-19(13-11-18)27-25(34)20(26)4-2/h10-13,20-24,29-33H,3-9,14-17,26H2,1-2H3,(H,27,34)/t20?,21-,22+,23+,24+/m0/s1. The Morgan fingerprint density at radius 2 is 1.56 bits per heavy atom. The lowest BCUT2D eigenvalue weighted by molar-refractivity contribution is -0.119. The summed E-state index contributed by atoms with van der Waals surface area (Å²) in [4.78, 5) is 14.0. The van der Waals surface area contributed by atoms with Crippen molar-refractivity contribution >= 4 is 11.6 Å². The van der Waals surface area contributed by atoms with E-state index >= 15 is 0 Å². The Morgan fingerprint density at radius 3 is 2.15 bits per heavy atom. The Kier molecular flexibility index (Phi) is 15.2. The van der Waals surface area contributed by atoms with E-state index in [1.54, 1.807) is 0 Å². The lowest BCUT2D eigenvalue weighted by atomic mass is 10.0. The number of hydrogen-bond donors (Lipinski definition) is 7. The van der Waals surface area contributed by atoms with Gasteiger partial charge in [0.1, 0.15) is 18.3 Å². The van der Waals surface area contributed by atoms with Gasteiger partial charge in [-0.25, -0.2) is 0 Å². The number of nitrogens with one attached hydrogen (secondary N) is 1. The molecule has 5 atom stereocenters. The number of anilines is 1. The summed E-state index contributed by atoms with van der Waals surface area (Å²) in [6.45, 7) is 4.91. The van der Waals surface area contributed by atoms with Crippen LogP contribution in [0.5, 0.6) is 0 Å². The summed E-state index contributed by atoms with van der Waals surface area (Å²) in [5.41, 5.74) is 7.56. The first kappa shape index (κ1) is 30.4. The SMILES string of the molecule is CCCCCCN(CCCc1ccc(NC(=O)C(N)CC)cc1)C[C@H](O)[C@@H](O)[C@H](O)[C@H](O)CO. The Morgan fingerprint density at radius 1 is 0.941 bits per heavy atom. The average Bonchev–Trinajstić information content (AvgIpc) is 2.85. The zero-order valence-corrected chi connectivity index (χ0v) is 20.6. The summed E-state index contributed by atoms with van der Waals surface area (Å²) in [7, 11) is 0. The molecular formula is C25H45N3O6. The molecule has 1 unspecified atom stereocenters. The van der Waals surface area contributed by atoms with Crippen molar-refractivity contribution in [2.75, 3.05) is 31.6 Å². The van der Waals surface area contributed by atoms with Gasteiger partial charge in [0.2, 0.25) is 5.91 Å². The minimum atomic E-state index is -1.62. The summed E-state index contributed by atoms with van der Waals surface area (Å²) < 4.78 is 0. The summed E-state index contributed by atoms with van der Waals surface area (Å²) in [6, 6.07) is 7.11. The quantitative estimate of drug-likeness (QED) is 0.150. The van der Waals surface area contributed by atoms with Crippen LogP contribution in [0.2, 0.25) is 0 Å². The molecule has 196 valence electrons. The Bertz CT molecular complexity index is 675. The maximum Gasteiger partial charge on any atom is 0.241 e. The largest absolute Gasteiger partial charge is 0.394 e. The van der Waals surface area contributed by atoms with Crippen LogP contribution in [0.1, 0.15) is 57.9 Å². The molecule has 0 aliphatic rings. The highest BCUT2D eigenvalue weighted by molar-refractivity contribution is 5.94. The Hall–Kier alpha value is -1.59. The second-order valence-corrected chi connectivity index (χ2v) is 8.96. The highest BCUT2D eigenvalue weighted by Crippen LogP contribution is 2.13. The third-order valence-corrected chi connectivity index (χ3v) is 6.04. The van der Waals surface area contributed by atoms with Crippen LogP contribution in [-0.4, -0.2) is 93.0 Å². The van der Waals surface area contributed by atoms with Gasteiger partial charge in [-0.1, -0.05) is 45.2 Å². The second kappa shape index (κ2) is 16.9. The molecule has 0 radical (unpaired) electrons. The van der Waals surface area contributed by atoms with Crippen LogP contribution < -0.4 is 11.1 Å². The predicted octanol–water partition coefficient (Wildman–Crippen LogP) is 0.613. The Balaban J connectivity index is 2.61. The molecule has 0 aliphatic heterocycles. The van der Waals surface area contributed by atoms with E-state index in [0.29, 0.717) is 18.7 Å². The fraction of sp³-hybridized carbons (Fsp3) is 0.720. The van der Waals surface area contributed by atoms with Gasteiger partial charge in [0.05, 0.1) is 18.8 Å². The van der Waals surface area contributed by atoms with Crippen molar-refractivity contribution in [2.24, 2.45) is 5.73 Å². The molecule has 0 aliphatic carbocycles. The zero-order chi connectivity index (χ0) is 25.5. The van der Waals surface area contributed by atoms with Crippen molar-refractivity contribution in [3.63, 3.8) is 0 Å². The van der Waals surface area contributed by atoms with E-state index in [1.807, 2.05) is 31.2 Å². The summed E-state index contributed by atoms with van der Waals surface area (Å²) in [6.07, 6.45) is 0.568. The molecule has 9 nitrogen and oxygen atoms in total. The minimum Gasteiger partial charge on any atom is -0.394 e. The summed E-state index contributed by atoms with van der Waals surface area (Å²) in [5.74, 6) is -0.202. The number of amides is 1. The van der Waals surface area contributed by atoms with E-state index in [0.717, 1.165) is 50.6 Å². The van der Waals surface area contributed by atoms with Gasteiger partial charge in [-0.3, -0.25) is 4.79 Å². The molecule has 1 aromatic rings. The maximum atomic E-state index is 11.9. The number of hydrogen-bond acceptors (Lipinski definition) is 8. The second-order valence-electron chi connectivity index (χ2n) is 8.96. The van der Waals surface area contributed by atoms with Gasteiger partial charge in [0, 0.05) is 12.2 Å². The molecule has 0 saturated carbocycles. The molecule has 0 aromatic heterocycles. The molecule has 1 aromatic carbocycles. The number of nitrogens with two attached hydrogens (primary N) is 1. The van der Waals surface area contributed by atoms with Gasteiger partial charge in [0.25, 0.3) is 0 Å². The summed E-state index contributed by atoms with van der Waals surface area (Å²) >= 11 is 0. The fourth-order valence-corrected chi connectivity index (χ4v) is 3.67. The van der Waals surface area contributed by atoms with Crippen LogP contribution in [0.15, 0.2) is 24.3 Å². The Labute approximate surface area is 203 Å². The van der Waals surface area contributed by atoms with Crippen LogP contribution in [0.4, 0.5) is 5.69 Å². The topological polar surface area (TPSA) is 160 Å². The number of aliphatic hydroxyl groups is 5. The molecule has 8 N–H and O–H groups in total. The molecule has 1 amide bonds. The molecule has 34 heavy (non-hydrogen) atoms. The molecule has 9 heteroatoms. The van der Waals surface area contributed by atoms with Crippen molar-refractivity contribution in [1.82, 2.24) is 4.90 Å².